The second-order valence-electron chi connectivity index (χ2n) is 10.7. The van der Waals surface area contributed by atoms with Crippen LogP contribution in [0.5, 0.6) is 0 Å². The Morgan fingerprint density at radius 2 is 1.00 bits per heavy atom. The topological polar surface area (TPSA) is 184 Å². The van der Waals surface area contributed by atoms with Crippen molar-refractivity contribution in [3.05, 3.63) is 118 Å². The van der Waals surface area contributed by atoms with Gasteiger partial charge in [0.25, 0.3) is 11.8 Å². The van der Waals surface area contributed by atoms with Gasteiger partial charge >= 0.3 is 0 Å². The summed E-state index contributed by atoms with van der Waals surface area (Å²) in [6.45, 7) is 0. The summed E-state index contributed by atoms with van der Waals surface area (Å²) in [4.78, 5) is 34.4. The van der Waals surface area contributed by atoms with E-state index >= 15 is 0 Å². The molecule has 0 spiro atoms. The normalized spacial score (nSPS) is 12.3. The van der Waals surface area contributed by atoms with Gasteiger partial charge in [0.05, 0.1) is 31.9 Å². The summed E-state index contributed by atoms with van der Waals surface area (Å²) in [6, 6.07) is 29.0. The molecule has 0 saturated heterocycles. The summed E-state index contributed by atoms with van der Waals surface area (Å²) in [5, 5.41) is 35.7. The maximum atomic E-state index is 12.8. The minimum absolute atomic E-state index is 0.0000423. The van der Waals surface area contributed by atoms with Gasteiger partial charge < -0.3 is 0 Å². The fraction of sp³-hybridized carbons (Fsp3) is 0.0588. The summed E-state index contributed by atoms with van der Waals surface area (Å²) in [5.41, 5.74) is 7.86. The predicted octanol–water partition coefficient (Wildman–Crippen LogP) is 9.77. The van der Waals surface area contributed by atoms with Crippen LogP contribution < -0.4 is 10.9 Å². The van der Waals surface area contributed by atoms with Gasteiger partial charge in [0.1, 0.15) is 0 Å². The van der Waals surface area contributed by atoms with Crippen molar-refractivity contribution in [2.45, 2.75) is 8.68 Å². The van der Waals surface area contributed by atoms with Gasteiger partial charge in [-0.15, -0.1) is 30.7 Å². The molecule has 0 bridgehead atoms. The minimum Gasteiger partial charge on any atom is -0.272 e. The maximum absolute atomic E-state index is 12.8. The SMILES string of the molecule is O=C(CSc1nnc(SCC(=O)NN=C(N=Nc2nc3ccccc3s2)c2ccc(Cl)cc2)s1)NN=C(N=Nc1nc2ccccc2s1)c1ccc(Cl)cc1. The van der Waals surface area contributed by atoms with Crippen LogP contribution in [0.3, 0.4) is 0 Å². The van der Waals surface area contributed by atoms with E-state index in [-0.39, 0.29) is 23.2 Å². The fourth-order valence-corrected chi connectivity index (χ4v) is 8.77. The molecule has 2 N–H and O–H groups in total. The van der Waals surface area contributed by atoms with Crippen LogP contribution in [-0.4, -0.2) is 55.2 Å². The molecule has 0 aliphatic heterocycles. The number of thiazole rings is 2. The zero-order valence-corrected chi connectivity index (χ0v) is 33.3. The number of hydrogen-bond acceptors (Lipinski definition) is 15. The number of nitrogens with one attached hydrogen (secondary N) is 2. The number of azo groups is 2. The Morgan fingerprint density at radius 1 is 0.582 bits per heavy atom. The van der Waals surface area contributed by atoms with Gasteiger partial charge in [-0.1, -0.05) is 105 Å². The molecule has 0 radical (unpaired) electrons. The Bertz CT molecular complexity index is 2350. The third-order valence-electron chi connectivity index (χ3n) is 6.84. The van der Waals surface area contributed by atoms with Crippen molar-refractivity contribution in [1.82, 2.24) is 31.0 Å². The highest BCUT2D eigenvalue weighted by atomic mass is 35.5. The number of nitrogens with zero attached hydrogens (tertiary/aromatic N) is 10. The predicted molar refractivity (Wildman–Crippen MR) is 222 cm³/mol. The number of rotatable bonds is 12. The number of hydrazone groups is 2. The maximum Gasteiger partial charge on any atom is 0.250 e. The minimum atomic E-state index is -0.398. The molecule has 14 nitrogen and oxygen atoms in total. The first-order chi connectivity index (χ1) is 26.8. The highest BCUT2D eigenvalue weighted by Gasteiger charge is 2.13. The van der Waals surface area contributed by atoms with E-state index in [1.807, 2.05) is 48.5 Å². The number of amidine groups is 2. The molecule has 0 atom stereocenters. The molecule has 7 rings (SSSR count). The van der Waals surface area contributed by atoms with E-state index in [9.17, 15) is 9.59 Å². The van der Waals surface area contributed by atoms with E-state index < -0.39 is 11.8 Å². The lowest BCUT2D eigenvalue weighted by Gasteiger charge is -2.02. The number of hydrogen-bond donors (Lipinski definition) is 2. The summed E-state index contributed by atoms with van der Waals surface area (Å²) >= 11 is 18.5. The average molecular weight is 862 g/mol. The van der Waals surface area contributed by atoms with Crippen molar-refractivity contribution < 1.29 is 9.59 Å². The Kier molecular flexibility index (Phi) is 12.9. The standard InChI is InChI=1S/C34H22Cl2N12O2S5/c35-21-13-9-19(10-14-21)29(43-45-31-37-23-5-1-3-7-25(23)53-31)41-39-27(49)17-51-33-47-48-34(55-33)52-18-28(50)40-42-30(20-11-15-22(36)16-12-20)44-46-32-38-24-6-2-4-8-26(24)54-32/h1-16H,17-18H2,(H,39,49)(H,40,50). The quantitative estimate of drug-likeness (QED) is 0.0400. The molecule has 0 unspecified atom stereocenters. The number of benzene rings is 4. The monoisotopic (exact) mass is 860 g/mol. The summed E-state index contributed by atoms with van der Waals surface area (Å²) in [6.07, 6.45) is 0. The third-order valence-corrected chi connectivity index (χ3v) is 12.4. The average Bonchev–Trinajstić information content (AvgIpc) is 3.95. The molecular weight excluding hydrogens is 840 g/mol. The Labute approximate surface area is 342 Å². The van der Waals surface area contributed by atoms with Crippen molar-refractivity contribution in [1.29, 1.82) is 0 Å². The van der Waals surface area contributed by atoms with E-state index in [0.29, 0.717) is 40.1 Å². The zero-order valence-electron chi connectivity index (χ0n) is 27.7. The number of aromatic nitrogens is 4. The molecular formula is C34H22Cl2N12O2S5. The van der Waals surface area contributed by atoms with Gasteiger partial charge in [0.2, 0.25) is 21.9 Å². The summed E-state index contributed by atoms with van der Waals surface area (Å²) < 4.78 is 3.02. The highest BCUT2D eigenvalue weighted by Crippen LogP contribution is 2.30. The van der Waals surface area contributed by atoms with E-state index in [0.717, 1.165) is 20.4 Å². The lowest BCUT2D eigenvalue weighted by Crippen LogP contribution is -2.21. The molecule has 4 aromatic carbocycles. The molecule has 2 amide bonds. The Hall–Kier alpha value is -5.02. The van der Waals surface area contributed by atoms with Crippen LogP contribution in [0, 0.1) is 0 Å². The molecule has 0 saturated carbocycles. The molecule has 274 valence electrons. The van der Waals surface area contributed by atoms with Crippen LogP contribution in [-0.2, 0) is 9.59 Å². The van der Waals surface area contributed by atoms with Gasteiger partial charge in [0.15, 0.2) is 8.68 Å². The third kappa shape index (κ3) is 10.8. The summed E-state index contributed by atoms with van der Waals surface area (Å²) in [7, 11) is 0. The van der Waals surface area contributed by atoms with Crippen molar-refractivity contribution in [3.63, 3.8) is 0 Å². The molecule has 3 heterocycles. The van der Waals surface area contributed by atoms with E-state index in [1.54, 1.807) is 48.5 Å². The van der Waals surface area contributed by atoms with Crippen LogP contribution in [0.15, 0.2) is 136 Å². The summed E-state index contributed by atoms with van der Waals surface area (Å²) in [5.74, 6) is -0.457. The first kappa shape index (κ1) is 38.3. The number of carbonyl (C=O) groups is 2. The molecule has 3 aromatic heterocycles. The second kappa shape index (κ2) is 18.5. The van der Waals surface area contributed by atoms with Crippen LogP contribution in [0.25, 0.3) is 20.4 Å². The van der Waals surface area contributed by atoms with Gasteiger partial charge in [-0.3, -0.25) is 9.59 Å². The molecule has 0 fully saturated rings. The van der Waals surface area contributed by atoms with Crippen molar-refractivity contribution in [2.75, 3.05) is 11.5 Å². The molecule has 0 aliphatic rings. The molecule has 55 heavy (non-hydrogen) atoms. The molecule has 7 aromatic rings. The number of thioether (sulfide) groups is 2. The number of fused-ring (bicyclic) bond motifs is 2. The molecule has 0 aliphatic carbocycles. The smallest absolute Gasteiger partial charge is 0.250 e. The van der Waals surface area contributed by atoms with Crippen LogP contribution in [0.2, 0.25) is 10.0 Å². The van der Waals surface area contributed by atoms with Crippen LogP contribution in [0.4, 0.5) is 10.3 Å². The van der Waals surface area contributed by atoms with Crippen molar-refractivity contribution in [2.24, 2.45) is 30.7 Å². The first-order valence-electron chi connectivity index (χ1n) is 15.7. The van der Waals surface area contributed by atoms with E-state index in [1.165, 1.54) is 57.5 Å². The van der Waals surface area contributed by atoms with Crippen LogP contribution in [0.1, 0.15) is 11.1 Å². The van der Waals surface area contributed by atoms with Crippen LogP contribution >= 0.6 is 80.7 Å². The largest absolute Gasteiger partial charge is 0.272 e. The fourth-order valence-electron chi connectivity index (χ4n) is 4.34. The van der Waals surface area contributed by atoms with Gasteiger partial charge in [0, 0.05) is 21.2 Å². The number of para-hydroxylation sites is 2. The van der Waals surface area contributed by atoms with Gasteiger partial charge in [-0.2, -0.15) is 10.2 Å². The first-order valence-corrected chi connectivity index (χ1v) is 20.9. The number of halogens is 2. The van der Waals surface area contributed by atoms with E-state index in [4.69, 9.17) is 23.2 Å². The van der Waals surface area contributed by atoms with Gasteiger partial charge in [-0.25, -0.2) is 20.8 Å². The Balaban J connectivity index is 0.927. The van der Waals surface area contributed by atoms with Crippen molar-refractivity contribution in [3.8, 4) is 0 Å². The Morgan fingerprint density at radius 3 is 1.42 bits per heavy atom. The lowest BCUT2D eigenvalue weighted by atomic mass is 10.2. The number of carbonyl (C=O) groups excluding carboxylic acids is 2. The molecule has 21 heteroatoms. The van der Waals surface area contributed by atoms with E-state index in [2.05, 4.69) is 61.7 Å². The van der Waals surface area contributed by atoms with Gasteiger partial charge in [-0.05, 0) is 72.8 Å². The highest BCUT2D eigenvalue weighted by molar-refractivity contribution is 8.03. The van der Waals surface area contributed by atoms with Crippen molar-refractivity contribution >= 4 is 135 Å². The lowest BCUT2D eigenvalue weighted by molar-refractivity contribution is -0.119. The zero-order chi connectivity index (χ0) is 38.0. The second-order valence-corrected chi connectivity index (χ2v) is 17.0. The number of amides is 2.